The molecule has 0 amide bonds. The van der Waals surface area contributed by atoms with E-state index in [0.29, 0.717) is 11.5 Å². The van der Waals surface area contributed by atoms with Crippen LogP contribution in [0.5, 0.6) is 11.5 Å². The van der Waals surface area contributed by atoms with Crippen molar-refractivity contribution in [2.45, 2.75) is 100 Å². The molecule has 0 atom stereocenters. The Morgan fingerprint density at radius 2 is 1.26 bits per heavy atom. The van der Waals surface area contributed by atoms with Gasteiger partial charge in [-0.1, -0.05) is 26.7 Å². The van der Waals surface area contributed by atoms with Gasteiger partial charge in [-0.3, -0.25) is 0 Å². The number of fused-ring (bicyclic) bond motifs is 8. The molecule has 4 aromatic rings. The molecule has 5 heterocycles. The average Bonchev–Trinajstić information content (AvgIpc) is 3.81. The number of hydrogen-bond donors (Lipinski definition) is 2. The molecular weight excluding hydrogens is 661 g/mol. The van der Waals surface area contributed by atoms with E-state index in [1.54, 1.807) is 28.4 Å². The van der Waals surface area contributed by atoms with Crippen LogP contribution in [0.1, 0.15) is 124 Å². The summed E-state index contributed by atoms with van der Waals surface area (Å²) in [5.41, 5.74) is 20.3. The summed E-state index contributed by atoms with van der Waals surface area (Å²) >= 11 is 0. The van der Waals surface area contributed by atoms with Crippen LogP contribution in [-0.2, 0) is 15.9 Å². The summed E-state index contributed by atoms with van der Waals surface area (Å²) in [6.07, 6.45) is 5.86. The van der Waals surface area contributed by atoms with Gasteiger partial charge in [-0.2, -0.15) is 0 Å². The Balaban J connectivity index is 1.83. The first-order valence-electron chi connectivity index (χ1n) is 19.0. The number of unbranched alkanes of at least 4 members (excludes halogenated alkanes) is 2. The number of aromatic nitrogens is 4. The van der Waals surface area contributed by atoms with Crippen LogP contribution in [-0.4, -0.2) is 48.4 Å². The van der Waals surface area contributed by atoms with Gasteiger partial charge in [0.1, 0.15) is 11.5 Å². The lowest BCUT2D eigenvalue weighted by atomic mass is 9.95. The molecule has 0 aliphatic carbocycles. The van der Waals surface area contributed by atoms with Gasteiger partial charge >= 0.3 is 0 Å². The minimum atomic E-state index is -0.631. The summed E-state index contributed by atoms with van der Waals surface area (Å²) in [5.74, 6) is 1.29. The fraction of sp³-hybridized carbons (Fsp3) is 0.422. The van der Waals surface area contributed by atoms with E-state index in [9.17, 15) is 0 Å². The standard InChI is InChI=1S/C45H56N4O4/c1-13-15-17-30-28(7)36-21-34-24(3)26(5)43(48-34)42(32-19-41(51-10)33(20-40(32)50-9)45(52-11)53-12)44-27(6)25(4)35(49-44)22-37-29(8)31(18-16-14-2)39(47-37)23-38(30)46-36/h19-23,45-46,48H,13-18H2,1-12H3. The van der Waals surface area contributed by atoms with Gasteiger partial charge in [-0.15, -0.1) is 0 Å². The summed E-state index contributed by atoms with van der Waals surface area (Å²) in [5, 5.41) is 0. The highest BCUT2D eigenvalue weighted by molar-refractivity contribution is 6.02. The van der Waals surface area contributed by atoms with E-state index in [1.165, 1.54) is 27.8 Å². The Hall–Kier alpha value is -4.66. The summed E-state index contributed by atoms with van der Waals surface area (Å²) in [6, 6.07) is 10.7. The molecule has 6 rings (SSSR count). The molecule has 0 spiro atoms. The Bertz CT molecular complexity index is 2280. The number of H-pyrrole nitrogens is 2. The van der Waals surface area contributed by atoms with Crippen molar-refractivity contribution in [2.24, 2.45) is 0 Å². The Morgan fingerprint density at radius 3 is 1.92 bits per heavy atom. The van der Waals surface area contributed by atoms with Gasteiger partial charge in [0.2, 0.25) is 0 Å². The number of ether oxygens (including phenoxy) is 4. The van der Waals surface area contributed by atoms with Gasteiger partial charge in [0.05, 0.1) is 48.1 Å². The third-order valence-corrected chi connectivity index (χ3v) is 11.4. The predicted molar refractivity (Wildman–Crippen MR) is 219 cm³/mol. The summed E-state index contributed by atoms with van der Waals surface area (Å²) in [7, 11) is 6.59. The van der Waals surface area contributed by atoms with E-state index in [4.69, 9.17) is 28.9 Å². The van der Waals surface area contributed by atoms with Crippen molar-refractivity contribution >= 4 is 44.4 Å². The van der Waals surface area contributed by atoms with Crippen molar-refractivity contribution in [1.29, 1.82) is 0 Å². The second-order valence-electron chi connectivity index (χ2n) is 14.4. The molecule has 2 aliphatic rings. The fourth-order valence-electron chi connectivity index (χ4n) is 7.77. The normalized spacial score (nSPS) is 13.2. The van der Waals surface area contributed by atoms with Crippen molar-refractivity contribution < 1.29 is 18.9 Å². The number of nitrogens with one attached hydrogen (secondary N) is 2. The largest absolute Gasteiger partial charge is 0.496 e. The molecule has 0 fully saturated rings. The quantitative estimate of drug-likeness (QED) is 0.142. The van der Waals surface area contributed by atoms with Gasteiger partial charge in [-0.25, -0.2) is 9.97 Å². The number of hydrogen-bond acceptors (Lipinski definition) is 6. The van der Waals surface area contributed by atoms with Crippen LogP contribution >= 0.6 is 0 Å². The Kier molecular flexibility index (Phi) is 11.3. The van der Waals surface area contributed by atoms with Crippen molar-refractivity contribution in [3.8, 4) is 22.6 Å². The highest BCUT2D eigenvalue weighted by Gasteiger charge is 2.27. The van der Waals surface area contributed by atoms with E-state index in [-0.39, 0.29) is 0 Å². The molecule has 8 heteroatoms. The van der Waals surface area contributed by atoms with Crippen molar-refractivity contribution in [3.63, 3.8) is 0 Å². The number of benzene rings is 1. The minimum absolute atomic E-state index is 0.628. The lowest BCUT2D eigenvalue weighted by molar-refractivity contribution is -0.107. The highest BCUT2D eigenvalue weighted by Crippen LogP contribution is 2.46. The number of allylic oxidation sites excluding steroid dienone is 4. The molecule has 0 saturated carbocycles. The summed E-state index contributed by atoms with van der Waals surface area (Å²) in [6.45, 7) is 17.6. The van der Waals surface area contributed by atoms with Crippen LogP contribution in [0.4, 0.5) is 0 Å². The Labute approximate surface area is 314 Å². The van der Waals surface area contributed by atoms with E-state index in [0.717, 1.165) is 117 Å². The molecule has 8 bridgehead atoms. The minimum Gasteiger partial charge on any atom is -0.496 e. The molecule has 0 unspecified atom stereocenters. The average molecular weight is 717 g/mol. The third kappa shape index (κ3) is 6.83. The highest BCUT2D eigenvalue weighted by atomic mass is 16.7. The maximum atomic E-state index is 6.15. The monoisotopic (exact) mass is 716 g/mol. The molecule has 0 saturated heterocycles. The zero-order valence-electron chi connectivity index (χ0n) is 33.7. The van der Waals surface area contributed by atoms with Crippen LogP contribution in [0.3, 0.4) is 0 Å². The first-order chi connectivity index (χ1) is 25.5. The van der Waals surface area contributed by atoms with Crippen LogP contribution in [0.15, 0.2) is 30.3 Å². The maximum absolute atomic E-state index is 6.15. The van der Waals surface area contributed by atoms with Crippen LogP contribution in [0.2, 0.25) is 0 Å². The second kappa shape index (κ2) is 15.7. The smallest absolute Gasteiger partial charge is 0.186 e. The van der Waals surface area contributed by atoms with Crippen LogP contribution in [0.25, 0.3) is 55.5 Å². The van der Waals surface area contributed by atoms with Crippen LogP contribution in [0, 0.1) is 20.8 Å². The molecule has 8 nitrogen and oxygen atoms in total. The fourth-order valence-corrected chi connectivity index (χ4v) is 7.77. The zero-order chi connectivity index (χ0) is 38.1. The van der Waals surface area contributed by atoms with Crippen LogP contribution < -0.4 is 9.47 Å². The number of methoxy groups -OCH3 is 4. The molecule has 280 valence electrons. The third-order valence-electron chi connectivity index (χ3n) is 11.4. The molecular formula is C45H56N4O4. The molecule has 2 aliphatic heterocycles. The van der Waals surface area contributed by atoms with Crippen molar-refractivity contribution in [2.75, 3.05) is 28.4 Å². The molecule has 0 radical (unpaired) electrons. The molecule has 3 aromatic heterocycles. The summed E-state index contributed by atoms with van der Waals surface area (Å²) < 4.78 is 23.5. The second-order valence-corrected chi connectivity index (χ2v) is 14.4. The number of rotatable bonds is 12. The van der Waals surface area contributed by atoms with E-state index in [2.05, 4.69) is 83.6 Å². The van der Waals surface area contributed by atoms with Gasteiger partial charge in [0, 0.05) is 41.9 Å². The topological polar surface area (TPSA) is 94.3 Å². The first-order valence-corrected chi connectivity index (χ1v) is 19.0. The number of aromatic amines is 2. The molecule has 1 aromatic carbocycles. The maximum Gasteiger partial charge on any atom is 0.186 e. The Morgan fingerprint density at radius 1 is 0.604 bits per heavy atom. The molecule has 2 N–H and O–H groups in total. The van der Waals surface area contributed by atoms with Crippen molar-refractivity contribution in [3.05, 3.63) is 80.9 Å². The van der Waals surface area contributed by atoms with Gasteiger partial charge in [-0.05, 0) is 142 Å². The summed E-state index contributed by atoms with van der Waals surface area (Å²) in [4.78, 5) is 18.5. The van der Waals surface area contributed by atoms with Crippen molar-refractivity contribution in [1.82, 2.24) is 19.9 Å². The molecule has 53 heavy (non-hydrogen) atoms. The lowest BCUT2D eigenvalue weighted by Gasteiger charge is -2.20. The SMILES string of the molecule is CCCCC1=C(C)c2cc3nc(c(-c4cc(OC)c(C(OC)OC)cc4OC)c4[nH]c(cc5[nH]c(cc1n2)c(CCCC)c5C)c(C)c4C)C(C)=C3C. The zero-order valence-corrected chi connectivity index (χ0v) is 33.7. The van der Waals surface area contributed by atoms with E-state index >= 15 is 0 Å². The van der Waals surface area contributed by atoms with Gasteiger partial charge < -0.3 is 28.9 Å². The predicted octanol–water partition coefficient (Wildman–Crippen LogP) is 11.6. The lowest BCUT2D eigenvalue weighted by Crippen LogP contribution is -2.07. The van der Waals surface area contributed by atoms with Gasteiger partial charge in [0.25, 0.3) is 0 Å². The first kappa shape index (κ1) is 38.1. The number of aryl methyl sites for hydroxylation is 4. The van der Waals surface area contributed by atoms with E-state index in [1.807, 2.05) is 12.1 Å². The number of nitrogens with zero attached hydrogens (tertiary/aromatic N) is 2. The van der Waals surface area contributed by atoms with Gasteiger partial charge in [0.15, 0.2) is 6.29 Å². The van der Waals surface area contributed by atoms with E-state index < -0.39 is 6.29 Å².